The summed E-state index contributed by atoms with van der Waals surface area (Å²) in [6, 6.07) is 0. The summed E-state index contributed by atoms with van der Waals surface area (Å²) < 4.78 is 27.0. The van der Waals surface area contributed by atoms with E-state index in [-0.39, 0.29) is 30.5 Å². The highest BCUT2D eigenvalue weighted by Gasteiger charge is 2.36. The highest BCUT2D eigenvalue weighted by atomic mass is 32.2. The molecule has 9 heteroatoms. The molecule has 1 aliphatic rings. The summed E-state index contributed by atoms with van der Waals surface area (Å²) >= 11 is 1.20. The molecule has 1 aromatic heterocycles. The molecule has 1 unspecified atom stereocenters. The SMILES string of the molecule is COC(=O)c1scc(C)c1N1CC(CS(N)(=O)=O)CC1=O. The van der Waals surface area contributed by atoms with Crippen LogP contribution < -0.4 is 10.0 Å². The molecule has 0 radical (unpaired) electrons. The molecule has 1 atom stereocenters. The summed E-state index contributed by atoms with van der Waals surface area (Å²) in [5.74, 6) is -1.33. The first-order chi connectivity index (χ1) is 9.73. The van der Waals surface area contributed by atoms with Crippen LogP contribution in [0.3, 0.4) is 0 Å². The van der Waals surface area contributed by atoms with Gasteiger partial charge >= 0.3 is 5.97 Å². The maximum absolute atomic E-state index is 12.1. The maximum Gasteiger partial charge on any atom is 0.350 e. The molecule has 1 amide bonds. The molecular formula is C12H16N2O5S2. The number of carbonyl (C=O) groups is 2. The molecule has 2 heterocycles. The minimum Gasteiger partial charge on any atom is -0.465 e. The summed E-state index contributed by atoms with van der Waals surface area (Å²) in [6.45, 7) is 2.02. The molecule has 0 spiro atoms. The van der Waals surface area contributed by atoms with Crippen LogP contribution >= 0.6 is 11.3 Å². The minimum absolute atomic E-state index is 0.104. The molecule has 0 aliphatic carbocycles. The van der Waals surface area contributed by atoms with Gasteiger partial charge in [0.2, 0.25) is 15.9 Å². The van der Waals surface area contributed by atoms with Gasteiger partial charge in [0, 0.05) is 18.9 Å². The summed E-state index contributed by atoms with van der Waals surface area (Å²) in [4.78, 5) is 25.7. The first kappa shape index (κ1) is 15.9. The molecule has 0 saturated carbocycles. The van der Waals surface area contributed by atoms with E-state index in [2.05, 4.69) is 0 Å². The van der Waals surface area contributed by atoms with Crippen LogP contribution in [-0.4, -0.2) is 39.7 Å². The van der Waals surface area contributed by atoms with Crippen molar-refractivity contribution in [2.75, 3.05) is 24.3 Å². The van der Waals surface area contributed by atoms with Crippen LogP contribution in [0.2, 0.25) is 0 Å². The fraction of sp³-hybridized carbons (Fsp3) is 0.500. The highest BCUT2D eigenvalue weighted by molar-refractivity contribution is 7.89. The van der Waals surface area contributed by atoms with Crippen molar-refractivity contribution in [1.82, 2.24) is 0 Å². The lowest BCUT2D eigenvalue weighted by molar-refractivity contribution is -0.117. The van der Waals surface area contributed by atoms with Gasteiger partial charge in [0.1, 0.15) is 4.88 Å². The molecule has 2 N–H and O–H groups in total. The van der Waals surface area contributed by atoms with Crippen molar-refractivity contribution < 1.29 is 22.7 Å². The molecule has 1 fully saturated rings. The third-order valence-corrected chi connectivity index (χ3v) is 5.26. The Bertz CT molecular complexity index is 680. The first-order valence-corrected chi connectivity index (χ1v) is 8.79. The zero-order chi connectivity index (χ0) is 15.8. The second-order valence-electron chi connectivity index (χ2n) is 4.99. The molecule has 1 saturated heterocycles. The van der Waals surface area contributed by atoms with Crippen molar-refractivity contribution in [3.63, 3.8) is 0 Å². The third-order valence-electron chi connectivity index (χ3n) is 3.26. The van der Waals surface area contributed by atoms with E-state index in [9.17, 15) is 18.0 Å². The number of thiophene rings is 1. The van der Waals surface area contributed by atoms with Crippen LogP contribution in [0.1, 0.15) is 21.7 Å². The number of anilines is 1. The summed E-state index contributed by atoms with van der Waals surface area (Å²) in [5, 5.41) is 6.79. The smallest absolute Gasteiger partial charge is 0.350 e. The first-order valence-electron chi connectivity index (χ1n) is 6.20. The maximum atomic E-state index is 12.1. The van der Waals surface area contributed by atoms with Crippen LogP contribution in [0.5, 0.6) is 0 Å². The van der Waals surface area contributed by atoms with Crippen molar-refractivity contribution in [3.8, 4) is 0 Å². The van der Waals surface area contributed by atoms with Crippen molar-refractivity contribution in [2.24, 2.45) is 11.1 Å². The van der Waals surface area contributed by atoms with Crippen LogP contribution in [0, 0.1) is 12.8 Å². The number of sulfonamides is 1. The normalized spacial score (nSPS) is 19.1. The van der Waals surface area contributed by atoms with Gasteiger partial charge in [0.25, 0.3) is 0 Å². The Labute approximate surface area is 126 Å². The predicted molar refractivity (Wildman–Crippen MR) is 78.8 cm³/mol. The molecule has 21 heavy (non-hydrogen) atoms. The lowest BCUT2D eigenvalue weighted by Gasteiger charge is -2.18. The molecule has 1 aromatic rings. The van der Waals surface area contributed by atoms with E-state index in [1.165, 1.54) is 23.3 Å². The standard InChI is InChI=1S/C12H16N2O5S2/c1-7-5-20-11(12(16)19-2)10(7)14-4-8(3-9(14)15)6-21(13,17)18/h5,8H,3-4,6H2,1-2H3,(H2,13,17,18). The lowest BCUT2D eigenvalue weighted by atomic mass is 10.1. The number of rotatable bonds is 4. The van der Waals surface area contributed by atoms with Gasteiger partial charge in [-0.25, -0.2) is 18.4 Å². The number of esters is 1. The average molecular weight is 332 g/mol. The number of nitrogens with zero attached hydrogens (tertiary/aromatic N) is 1. The van der Waals surface area contributed by atoms with Gasteiger partial charge in [-0.1, -0.05) is 0 Å². The Balaban J connectivity index is 2.29. The quantitative estimate of drug-likeness (QED) is 0.807. The Morgan fingerprint density at radius 1 is 1.57 bits per heavy atom. The molecule has 2 rings (SSSR count). The number of primary sulfonamides is 1. The fourth-order valence-electron chi connectivity index (χ4n) is 2.45. The van der Waals surface area contributed by atoms with Gasteiger partial charge < -0.3 is 9.64 Å². The summed E-state index contributed by atoms with van der Waals surface area (Å²) in [5.41, 5.74) is 1.29. The van der Waals surface area contributed by atoms with Gasteiger partial charge in [0.05, 0.1) is 18.6 Å². The van der Waals surface area contributed by atoms with Gasteiger partial charge in [-0.3, -0.25) is 4.79 Å². The molecule has 0 aromatic carbocycles. The number of amides is 1. The predicted octanol–water partition coefficient (Wildman–Crippen LogP) is 0.485. The number of carbonyl (C=O) groups excluding carboxylic acids is 2. The number of hydrogen-bond donors (Lipinski definition) is 1. The van der Waals surface area contributed by atoms with Crippen molar-refractivity contribution in [1.29, 1.82) is 0 Å². The van der Waals surface area contributed by atoms with E-state index < -0.39 is 16.0 Å². The number of hydrogen-bond acceptors (Lipinski definition) is 6. The van der Waals surface area contributed by atoms with E-state index in [0.717, 1.165) is 5.56 Å². The zero-order valence-corrected chi connectivity index (χ0v) is 13.3. The second kappa shape index (κ2) is 5.74. The van der Waals surface area contributed by atoms with Gasteiger partial charge in [-0.15, -0.1) is 11.3 Å². The second-order valence-corrected chi connectivity index (χ2v) is 7.53. The Hall–Kier alpha value is -1.45. The van der Waals surface area contributed by atoms with Crippen LogP contribution in [-0.2, 0) is 19.6 Å². The molecule has 1 aliphatic heterocycles. The van der Waals surface area contributed by atoms with Crippen molar-refractivity contribution in [3.05, 3.63) is 15.8 Å². The van der Waals surface area contributed by atoms with E-state index in [0.29, 0.717) is 10.6 Å². The van der Waals surface area contributed by atoms with E-state index in [1.54, 1.807) is 12.3 Å². The molecule has 116 valence electrons. The Kier molecular flexibility index (Phi) is 4.35. The Morgan fingerprint density at radius 2 is 2.24 bits per heavy atom. The van der Waals surface area contributed by atoms with Crippen LogP contribution in [0.4, 0.5) is 5.69 Å². The monoisotopic (exact) mass is 332 g/mol. The molecular weight excluding hydrogens is 316 g/mol. The minimum atomic E-state index is -3.63. The average Bonchev–Trinajstić information content (AvgIpc) is 2.89. The summed E-state index contributed by atoms with van der Waals surface area (Å²) in [6.07, 6.45) is 0.104. The summed E-state index contributed by atoms with van der Waals surface area (Å²) in [7, 11) is -2.36. The number of aryl methyl sites for hydroxylation is 1. The number of ether oxygens (including phenoxy) is 1. The van der Waals surface area contributed by atoms with Gasteiger partial charge in [-0.2, -0.15) is 0 Å². The molecule has 7 nitrogen and oxygen atoms in total. The number of methoxy groups -OCH3 is 1. The van der Waals surface area contributed by atoms with Crippen LogP contribution in [0.25, 0.3) is 0 Å². The topological polar surface area (TPSA) is 107 Å². The van der Waals surface area contributed by atoms with Gasteiger partial charge in [0.15, 0.2) is 0 Å². The third kappa shape index (κ3) is 3.42. The molecule has 0 bridgehead atoms. The van der Waals surface area contributed by atoms with Crippen molar-refractivity contribution >= 4 is 38.9 Å². The highest BCUT2D eigenvalue weighted by Crippen LogP contribution is 2.35. The van der Waals surface area contributed by atoms with Crippen molar-refractivity contribution in [2.45, 2.75) is 13.3 Å². The van der Waals surface area contributed by atoms with E-state index >= 15 is 0 Å². The number of nitrogens with two attached hydrogens (primary N) is 1. The van der Waals surface area contributed by atoms with Crippen LogP contribution in [0.15, 0.2) is 5.38 Å². The lowest BCUT2D eigenvalue weighted by Crippen LogP contribution is -2.28. The Morgan fingerprint density at radius 3 is 2.81 bits per heavy atom. The largest absolute Gasteiger partial charge is 0.465 e. The van der Waals surface area contributed by atoms with E-state index in [4.69, 9.17) is 9.88 Å². The van der Waals surface area contributed by atoms with Gasteiger partial charge in [-0.05, 0) is 17.9 Å². The zero-order valence-electron chi connectivity index (χ0n) is 11.7. The van der Waals surface area contributed by atoms with E-state index in [1.807, 2.05) is 0 Å². The fourth-order valence-corrected chi connectivity index (χ4v) is 4.30.